The van der Waals surface area contributed by atoms with Crippen LogP contribution in [0.3, 0.4) is 0 Å². The Labute approximate surface area is 145 Å². The van der Waals surface area contributed by atoms with Crippen molar-refractivity contribution < 1.29 is 14.6 Å². The van der Waals surface area contributed by atoms with Gasteiger partial charge in [0.05, 0.1) is 24.3 Å². The first kappa shape index (κ1) is 16.3. The highest BCUT2D eigenvalue weighted by Gasteiger charge is 2.13. The molecule has 0 bridgehead atoms. The summed E-state index contributed by atoms with van der Waals surface area (Å²) in [6.45, 7) is 0. The van der Waals surface area contributed by atoms with Gasteiger partial charge in [0.1, 0.15) is 11.5 Å². The molecule has 122 valence electrons. The summed E-state index contributed by atoms with van der Waals surface area (Å²) in [7, 11) is 1.55. The summed E-state index contributed by atoms with van der Waals surface area (Å²) >= 11 is 0. The Morgan fingerprint density at radius 3 is 2.36 bits per heavy atom. The summed E-state index contributed by atoms with van der Waals surface area (Å²) in [6, 6.07) is 20.9. The molecular weight excluding hydrogens is 314 g/mol. The van der Waals surface area contributed by atoms with Gasteiger partial charge < -0.3 is 9.84 Å². The van der Waals surface area contributed by atoms with Gasteiger partial charge >= 0.3 is 0 Å². The number of aromatic hydroxyl groups is 1. The van der Waals surface area contributed by atoms with E-state index in [1.807, 2.05) is 18.2 Å². The van der Waals surface area contributed by atoms with Crippen LogP contribution in [0.4, 0.5) is 0 Å². The highest BCUT2D eigenvalue weighted by Crippen LogP contribution is 2.27. The maximum absolute atomic E-state index is 12.5. The second-order valence-electron chi connectivity index (χ2n) is 5.49. The molecule has 0 saturated carbocycles. The molecule has 0 radical (unpaired) electrons. The van der Waals surface area contributed by atoms with Crippen molar-refractivity contribution in [3.8, 4) is 28.7 Å². The van der Waals surface area contributed by atoms with E-state index >= 15 is 0 Å². The zero-order valence-electron chi connectivity index (χ0n) is 13.6. The topological polar surface area (TPSA) is 70.3 Å². The van der Waals surface area contributed by atoms with E-state index in [1.165, 1.54) is 6.07 Å². The largest absolute Gasteiger partial charge is 0.507 e. The van der Waals surface area contributed by atoms with Crippen LogP contribution in [0.2, 0.25) is 0 Å². The molecule has 3 rings (SSSR count). The number of carbonyl (C=O) groups is 1. The highest BCUT2D eigenvalue weighted by atomic mass is 16.5. The number of nitriles is 1. The Bertz CT molecular complexity index is 969. The smallest absolute Gasteiger partial charge is 0.196 e. The maximum Gasteiger partial charge on any atom is 0.196 e. The lowest BCUT2D eigenvalue weighted by molar-refractivity contribution is 0.103. The lowest BCUT2D eigenvalue weighted by Gasteiger charge is -2.08. The summed E-state index contributed by atoms with van der Waals surface area (Å²) < 4.78 is 5.22. The van der Waals surface area contributed by atoms with Crippen molar-refractivity contribution in [2.75, 3.05) is 7.11 Å². The van der Waals surface area contributed by atoms with Crippen LogP contribution in [-0.2, 0) is 0 Å². The first-order valence-corrected chi connectivity index (χ1v) is 7.64. The number of hydrogen-bond acceptors (Lipinski definition) is 4. The van der Waals surface area contributed by atoms with Gasteiger partial charge in [-0.05, 0) is 41.5 Å². The van der Waals surface area contributed by atoms with Crippen molar-refractivity contribution in [2.24, 2.45) is 0 Å². The standard InChI is InChI=1S/C21H15NO3/c1-25-18-11-14(13-22)10-17(12-18)15-6-8-16(9-7-15)21(24)19-4-2-3-5-20(19)23/h2-12,23H,1H3. The minimum Gasteiger partial charge on any atom is -0.507 e. The molecular formula is C21H15NO3. The number of methoxy groups -OCH3 is 1. The van der Waals surface area contributed by atoms with Crippen LogP contribution in [0.5, 0.6) is 11.5 Å². The Morgan fingerprint density at radius 1 is 1.00 bits per heavy atom. The Morgan fingerprint density at radius 2 is 1.72 bits per heavy atom. The summed E-state index contributed by atoms with van der Waals surface area (Å²) in [5.41, 5.74) is 2.95. The van der Waals surface area contributed by atoms with Crippen molar-refractivity contribution in [3.63, 3.8) is 0 Å². The number of phenolic OH excluding ortho intramolecular Hbond substituents is 1. The fourth-order valence-corrected chi connectivity index (χ4v) is 2.58. The third kappa shape index (κ3) is 3.36. The van der Waals surface area contributed by atoms with E-state index in [0.29, 0.717) is 16.9 Å². The molecule has 3 aromatic rings. The van der Waals surface area contributed by atoms with Gasteiger partial charge in [-0.2, -0.15) is 5.26 Å². The van der Waals surface area contributed by atoms with Gasteiger partial charge in [0.25, 0.3) is 0 Å². The van der Waals surface area contributed by atoms with Crippen LogP contribution in [0.25, 0.3) is 11.1 Å². The van der Waals surface area contributed by atoms with E-state index < -0.39 is 0 Å². The summed E-state index contributed by atoms with van der Waals surface area (Å²) in [5.74, 6) is 0.319. The van der Waals surface area contributed by atoms with Gasteiger partial charge in [-0.25, -0.2) is 0 Å². The molecule has 0 heterocycles. The molecule has 4 heteroatoms. The summed E-state index contributed by atoms with van der Waals surface area (Å²) in [5, 5.41) is 18.9. The number of hydrogen-bond donors (Lipinski definition) is 1. The molecule has 0 aromatic heterocycles. The molecule has 0 atom stereocenters. The highest BCUT2D eigenvalue weighted by molar-refractivity contribution is 6.10. The molecule has 0 unspecified atom stereocenters. The van der Waals surface area contributed by atoms with Gasteiger partial charge in [0, 0.05) is 5.56 Å². The van der Waals surface area contributed by atoms with Crippen LogP contribution in [0, 0.1) is 11.3 Å². The van der Waals surface area contributed by atoms with Gasteiger partial charge in [-0.15, -0.1) is 0 Å². The molecule has 0 aliphatic rings. The number of phenols is 1. The minimum atomic E-state index is -0.243. The van der Waals surface area contributed by atoms with Crippen molar-refractivity contribution in [1.82, 2.24) is 0 Å². The van der Waals surface area contributed by atoms with E-state index in [0.717, 1.165) is 11.1 Å². The van der Waals surface area contributed by atoms with Gasteiger partial charge in [0.15, 0.2) is 5.78 Å². The number of rotatable bonds is 4. The van der Waals surface area contributed by atoms with Crippen LogP contribution >= 0.6 is 0 Å². The van der Waals surface area contributed by atoms with Gasteiger partial charge in [0.2, 0.25) is 0 Å². The normalized spacial score (nSPS) is 10.1. The second-order valence-corrected chi connectivity index (χ2v) is 5.49. The third-order valence-electron chi connectivity index (χ3n) is 3.90. The molecule has 0 amide bonds. The first-order valence-electron chi connectivity index (χ1n) is 7.64. The quantitative estimate of drug-likeness (QED) is 0.729. The van der Waals surface area contributed by atoms with Gasteiger partial charge in [-0.1, -0.05) is 36.4 Å². The first-order chi connectivity index (χ1) is 12.1. The Balaban J connectivity index is 1.95. The molecule has 0 aliphatic heterocycles. The number of para-hydroxylation sites is 1. The number of ketones is 1. The van der Waals surface area contributed by atoms with Crippen LogP contribution in [0.15, 0.2) is 66.7 Å². The molecule has 4 nitrogen and oxygen atoms in total. The number of nitrogens with zero attached hydrogens (tertiary/aromatic N) is 1. The Hall–Kier alpha value is -3.58. The third-order valence-corrected chi connectivity index (χ3v) is 3.90. The molecule has 0 aliphatic carbocycles. The predicted octanol–water partition coefficient (Wildman–Crippen LogP) is 4.17. The Kier molecular flexibility index (Phi) is 4.49. The number of ether oxygens (including phenoxy) is 1. The molecule has 0 spiro atoms. The predicted molar refractivity (Wildman–Crippen MR) is 94.7 cm³/mol. The SMILES string of the molecule is COc1cc(C#N)cc(-c2ccc(C(=O)c3ccccc3O)cc2)c1. The maximum atomic E-state index is 12.5. The molecule has 0 fully saturated rings. The van der Waals surface area contributed by atoms with Crippen LogP contribution in [0.1, 0.15) is 21.5 Å². The van der Waals surface area contributed by atoms with E-state index in [9.17, 15) is 9.90 Å². The fourth-order valence-electron chi connectivity index (χ4n) is 2.58. The number of benzene rings is 3. The average molecular weight is 329 g/mol. The molecule has 25 heavy (non-hydrogen) atoms. The zero-order chi connectivity index (χ0) is 17.8. The van der Waals surface area contributed by atoms with Crippen LogP contribution < -0.4 is 4.74 Å². The average Bonchev–Trinajstić information content (AvgIpc) is 2.67. The lowest BCUT2D eigenvalue weighted by Crippen LogP contribution is -2.01. The van der Waals surface area contributed by atoms with Crippen molar-refractivity contribution in [2.45, 2.75) is 0 Å². The molecule has 1 N–H and O–H groups in total. The lowest BCUT2D eigenvalue weighted by atomic mass is 9.98. The number of carbonyl (C=O) groups excluding carboxylic acids is 1. The summed E-state index contributed by atoms with van der Waals surface area (Å²) in [4.78, 5) is 12.5. The van der Waals surface area contributed by atoms with Crippen molar-refractivity contribution in [3.05, 3.63) is 83.4 Å². The fraction of sp³-hybridized carbons (Fsp3) is 0.0476. The van der Waals surface area contributed by atoms with Crippen molar-refractivity contribution in [1.29, 1.82) is 5.26 Å². The summed E-state index contributed by atoms with van der Waals surface area (Å²) in [6.07, 6.45) is 0. The van der Waals surface area contributed by atoms with E-state index in [4.69, 9.17) is 10.00 Å². The zero-order valence-corrected chi connectivity index (χ0v) is 13.6. The van der Waals surface area contributed by atoms with Crippen LogP contribution in [-0.4, -0.2) is 18.0 Å². The van der Waals surface area contributed by atoms with Gasteiger partial charge in [-0.3, -0.25) is 4.79 Å². The monoisotopic (exact) mass is 329 g/mol. The minimum absolute atomic E-state index is 0.0389. The van der Waals surface area contributed by atoms with Crippen molar-refractivity contribution >= 4 is 5.78 Å². The second kappa shape index (κ2) is 6.90. The van der Waals surface area contributed by atoms with E-state index in [1.54, 1.807) is 49.6 Å². The molecule has 3 aromatic carbocycles. The van der Waals surface area contributed by atoms with E-state index in [-0.39, 0.29) is 17.1 Å². The van der Waals surface area contributed by atoms with E-state index in [2.05, 4.69) is 6.07 Å². The molecule has 0 saturated heterocycles.